The van der Waals surface area contributed by atoms with Crippen LogP contribution in [0.15, 0.2) is 23.1 Å². The first-order valence-electron chi connectivity index (χ1n) is 7.59. The van der Waals surface area contributed by atoms with Crippen LogP contribution in [0.5, 0.6) is 0 Å². The number of pyridine rings is 2. The van der Waals surface area contributed by atoms with E-state index in [4.69, 9.17) is 0 Å². The van der Waals surface area contributed by atoms with Gasteiger partial charge in [0, 0.05) is 32.4 Å². The average Bonchev–Trinajstić information content (AvgIpc) is 2.52. The number of hydrogen-bond donors (Lipinski definition) is 2. The maximum absolute atomic E-state index is 12.2. The van der Waals surface area contributed by atoms with Gasteiger partial charge in [0.2, 0.25) is 0 Å². The van der Waals surface area contributed by atoms with Crippen LogP contribution in [0.2, 0.25) is 0 Å². The second-order valence-electron chi connectivity index (χ2n) is 6.28. The standard InChI is InChI=1S/C16H17N5O/c17-8-11-14(13-12(20-15(11)22)2-1-5-19-13)21-6-3-16(4-7-21)9-18-10-16/h1-2,5,18H,3-4,6-7,9-10H2,(H,20,22). The van der Waals surface area contributed by atoms with E-state index < -0.39 is 0 Å². The molecule has 0 amide bonds. The van der Waals surface area contributed by atoms with Gasteiger partial charge in [-0.3, -0.25) is 9.78 Å². The molecule has 2 aliphatic heterocycles. The van der Waals surface area contributed by atoms with Gasteiger partial charge in [-0.1, -0.05) is 0 Å². The summed E-state index contributed by atoms with van der Waals surface area (Å²) in [7, 11) is 0. The van der Waals surface area contributed by atoms with Crippen LogP contribution in [0.25, 0.3) is 11.0 Å². The fourth-order valence-electron chi connectivity index (χ4n) is 3.55. The van der Waals surface area contributed by atoms with Crippen molar-refractivity contribution in [2.75, 3.05) is 31.1 Å². The van der Waals surface area contributed by atoms with E-state index in [1.165, 1.54) is 0 Å². The molecule has 0 aromatic carbocycles. The van der Waals surface area contributed by atoms with Gasteiger partial charge in [0.25, 0.3) is 5.56 Å². The zero-order chi connectivity index (χ0) is 15.2. The van der Waals surface area contributed by atoms with E-state index in [0.717, 1.165) is 39.0 Å². The van der Waals surface area contributed by atoms with Crippen LogP contribution >= 0.6 is 0 Å². The van der Waals surface area contributed by atoms with Gasteiger partial charge in [0.05, 0.1) is 11.2 Å². The first-order valence-corrected chi connectivity index (χ1v) is 7.59. The van der Waals surface area contributed by atoms with E-state index in [0.29, 0.717) is 22.1 Å². The Balaban J connectivity index is 1.80. The first-order chi connectivity index (χ1) is 10.7. The van der Waals surface area contributed by atoms with Crippen LogP contribution in [-0.2, 0) is 0 Å². The molecule has 2 aromatic rings. The zero-order valence-electron chi connectivity index (χ0n) is 12.2. The lowest BCUT2D eigenvalue weighted by Gasteiger charge is -2.49. The Hall–Kier alpha value is -2.39. The van der Waals surface area contributed by atoms with Crippen molar-refractivity contribution in [2.45, 2.75) is 12.8 Å². The molecule has 2 N–H and O–H groups in total. The fraction of sp³-hybridized carbons (Fsp3) is 0.438. The molecule has 112 valence electrons. The second-order valence-corrected chi connectivity index (χ2v) is 6.28. The zero-order valence-corrected chi connectivity index (χ0v) is 12.2. The fourth-order valence-corrected chi connectivity index (χ4v) is 3.55. The summed E-state index contributed by atoms with van der Waals surface area (Å²) in [5.74, 6) is 0. The third-order valence-corrected chi connectivity index (χ3v) is 5.00. The van der Waals surface area contributed by atoms with Crippen molar-refractivity contribution >= 4 is 16.7 Å². The summed E-state index contributed by atoms with van der Waals surface area (Å²) in [6.45, 7) is 3.90. The Kier molecular flexibility index (Phi) is 2.91. The predicted molar refractivity (Wildman–Crippen MR) is 83.8 cm³/mol. The molecule has 4 heterocycles. The van der Waals surface area contributed by atoms with Crippen molar-refractivity contribution in [3.05, 3.63) is 34.2 Å². The van der Waals surface area contributed by atoms with Gasteiger partial charge in [-0.05, 0) is 30.4 Å². The molecule has 0 saturated carbocycles. The topological polar surface area (TPSA) is 84.8 Å². The molecule has 0 aliphatic carbocycles. The summed E-state index contributed by atoms with van der Waals surface area (Å²) in [4.78, 5) is 21.5. The second kappa shape index (κ2) is 4.82. The highest BCUT2D eigenvalue weighted by Crippen LogP contribution is 2.38. The van der Waals surface area contributed by atoms with Crippen molar-refractivity contribution in [3.63, 3.8) is 0 Å². The van der Waals surface area contributed by atoms with Crippen LogP contribution in [-0.4, -0.2) is 36.1 Å². The average molecular weight is 295 g/mol. The quantitative estimate of drug-likeness (QED) is 0.819. The smallest absolute Gasteiger partial charge is 0.268 e. The molecule has 6 heteroatoms. The van der Waals surface area contributed by atoms with E-state index >= 15 is 0 Å². The van der Waals surface area contributed by atoms with Crippen LogP contribution in [0.3, 0.4) is 0 Å². The number of fused-ring (bicyclic) bond motifs is 1. The lowest BCUT2D eigenvalue weighted by atomic mass is 9.73. The largest absolute Gasteiger partial charge is 0.368 e. The normalized spacial score (nSPS) is 19.9. The highest BCUT2D eigenvalue weighted by atomic mass is 16.1. The first kappa shape index (κ1) is 13.3. The van der Waals surface area contributed by atoms with Gasteiger partial charge in [-0.2, -0.15) is 5.26 Å². The molecule has 0 atom stereocenters. The SMILES string of the molecule is N#Cc1c(N2CCC3(CC2)CNC3)c2ncccc2[nH]c1=O. The molecule has 2 fully saturated rings. The van der Waals surface area contributed by atoms with Gasteiger partial charge in [-0.15, -0.1) is 0 Å². The summed E-state index contributed by atoms with van der Waals surface area (Å²) in [5, 5.41) is 12.8. The van der Waals surface area contributed by atoms with Crippen molar-refractivity contribution in [3.8, 4) is 6.07 Å². The molecule has 0 unspecified atom stereocenters. The van der Waals surface area contributed by atoms with Crippen LogP contribution in [0.1, 0.15) is 18.4 Å². The Labute approximate surface area is 127 Å². The summed E-state index contributed by atoms with van der Waals surface area (Å²) in [6.07, 6.45) is 3.88. The summed E-state index contributed by atoms with van der Waals surface area (Å²) >= 11 is 0. The molecule has 0 bridgehead atoms. The number of nitrogens with one attached hydrogen (secondary N) is 2. The maximum Gasteiger partial charge on any atom is 0.268 e. The minimum absolute atomic E-state index is 0.175. The predicted octanol–water partition coefficient (Wildman–Crippen LogP) is 0.985. The van der Waals surface area contributed by atoms with E-state index in [-0.39, 0.29) is 11.1 Å². The van der Waals surface area contributed by atoms with E-state index in [1.54, 1.807) is 12.3 Å². The van der Waals surface area contributed by atoms with Crippen LogP contribution in [0.4, 0.5) is 5.69 Å². The molecule has 1 spiro atoms. The number of piperidine rings is 1. The number of anilines is 1. The number of hydrogen-bond acceptors (Lipinski definition) is 5. The highest BCUT2D eigenvalue weighted by Gasteiger charge is 2.40. The number of nitrogens with zero attached hydrogens (tertiary/aromatic N) is 3. The number of aromatic amines is 1. The van der Waals surface area contributed by atoms with E-state index in [9.17, 15) is 10.1 Å². The molecule has 2 aromatic heterocycles. The Bertz CT molecular complexity index is 821. The van der Waals surface area contributed by atoms with Gasteiger partial charge in [0.15, 0.2) is 0 Å². The van der Waals surface area contributed by atoms with Crippen molar-refractivity contribution < 1.29 is 0 Å². The maximum atomic E-state index is 12.2. The Morgan fingerprint density at radius 2 is 2.09 bits per heavy atom. The minimum Gasteiger partial charge on any atom is -0.368 e. The summed E-state index contributed by atoms with van der Waals surface area (Å²) in [6, 6.07) is 5.68. The van der Waals surface area contributed by atoms with Gasteiger partial charge >= 0.3 is 0 Å². The lowest BCUT2D eigenvalue weighted by Crippen LogP contribution is -2.58. The minimum atomic E-state index is -0.330. The van der Waals surface area contributed by atoms with Gasteiger partial charge in [0.1, 0.15) is 17.1 Å². The van der Waals surface area contributed by atoms with Crippen molar-refractivity contribution in [1.82, 2.24) is 15.3 Å². The molecule has 0 radical (unpaired) electrons. The van der Waals surface area contributed by atoms with Crippen LogP contribution < -0.4 is 15.8 Å². The third kappa shape index (κ3) is 1.90. The molecule has 6 nitrogen and oxygen atoms in total. The molecule has 4 rings (SSSR count). The monoisotopic (exact) mass is 295 g/mol. The van der Waals surface area contributed by atoms with Gasteiger partial charge < -0.3 is 15.2 Å². The number of H-pyrrole nitrogens is 1. The van der Waals surface area contributed by atoms with Gasteiger partial charge in [-0.25, -0.2) is 0 Å². The Morgan fingerprint density at radius 3 is 2.73 bits per heavy atom. The van der Waals surface area contributed by atoms with Crippen molar-refractivity contribution in [2.24, 2.45) is 5.41 Å². The molecule has 2 aliphatic rings. The summed E-state index contributed by atoms with van der Waals surface area (Å²) < 4.78 is 0. The highest BCUT2D eigenvalue weighted by molar-refractivity contribution is 5.91. The number of nitriles is 1. The Morgan fingerprint density at radius 1 is 1.32 bits per heavy atom. The number of rotatable bonds is 1. The van der Waals surface area contributed by atoms with Crippen LogP contribution in [0, 0.1) is 16.7 Å². The number of aromatic nitrogens is 2. The molecular formula is C16H17N5O. The molecule has 2 saturated heterocycles. The molecule has 22 heavy (non-hydrogen) atoms. The lowest BCUT2D eigenvalue weighted by molar-refractivity contribution is 0.126. The molecular weight excluding hydrogens is 278 g/mol. The van der Waals surface area contributed by atoms with E-state index in [2.05, 4.69) is 26.3 Å². The van der Waals surface area contributed by atoms with Crippen molar-refractivity contribution in [1.29, 1.82) is 5.26 Å². The van der Waals surface area contributed by atoms with E-state index in [1.807, 2.05) is 6.07 Å². The summed E-state index contributed by atoms with van der Waals surface area (Å²) in [5.41, 5.74) is 2.36. The third-order valence-electron chi connectivity index (χ3n) is 5.00.